The summed E-state index contributed by atoms with van der Waals surface area (Å²) in [6.07, 6.45) is 2.14. The molecule has 0 radical (unpaired) electrons. The highest BCUT2D eigenvalue weighted by atomic mass is 16.5. The van der Waals surface area contributed by atoms with E-state index in [0.717, 1.165) is 6.42 Å². The molecule has 0 fully saturated rings. The Bertz CT molecular complexity index is 270. The molecule has 0 aliphatic heterocycles. The van der Waals surface area contributed by atoms with Gasteiger partial charge in [-0.3, -0.25) is 9.59 Å². The first-order chi connectivity index (χ1) is 8.96. The molecule has 0 atom stereocenters. The number of esters is 1. The summed E-state index contributed by atoms with van der Waals surface area (Å²) in [5.74, 6) is -1.15. The van der Waals surface area contributed by atoms with Crippen LogP contribution in [0.15, 0.2) is 0 Å². The topological polar surface area (TPSA) is 82.1 Å². The van der Waals surface area contributed by atoms with Gasteiger partial charge in [0.1, 0.15) is 5.41 Å². The lowest BCUT2D eigenvalue weighted by molar-refractivity contribution is -0.162. The summed E-state index contributed by atoms with van der Waals surface area (Å²) in [7, 11) is 3.04. The molecule has 0 aliphatic rings. The summed E-state index contributed by atoms with van der Waals surface area (Å²) < 4.78 is 15.2. The fraction of sp³-hybridized carbons (Fsp3) is 0.846. The maximum absolute atomic E-state index is 11.9. The van der Waals surface area contributed by atoms with Crippen LogP contribution in [0.5, 0.6) is 0 Å². The van der Waals surface area contributed by atoms with Crippen molar-refractivity contribution in [2.45, 2.75) is 32.6 Å². The Hall–Kier alpha value is -1.14. The number of hydrogen-bond acceptors (Lipinski definition) is 5. The number of aliphatic carboxylic acids is 1. The molecule has 112 valence electrons. The number of carbonyl (C=O) groups excluding carboxylic acids is 1. The van der Waals surface area contributed by atoms with Crippen molar-refractivity contribution in [3.05, 3.63) is 0 Å². The quantitative estimate of drug-likeness (QED) is 0.454. The van der Waals surface area contributed by atoms with Crippen LogP contribution in [-0.4, -0.2) is 51.1 Å². The minimum Gasteiger partial charge on any atom is -0.481 e. The lowest BCUT2D eigenvalue weighted by atomic mass is 9.93. The molecule has 0 spiro atoms. The fourth-order valence-electron chi connectivity index (χ4n) is 1.69. The number of carboxylic acids is 1. The normalized spacial score (nSPS) is 11.3. The van der Waals surface area contributed by atoms with Crippen molar-refractivity contribution in [3.8, 4) is 0 Å². The Balaban J connectivity index is 3.90. The lowest BCUT2D eigenvalue weighted by Crippen LogP contribution is -2.38. The molecule has 0 amide bonds. The first kappa shape index (κ1) is 17.9. The van der Waals surface area contributed by atoms with Gasteiger partial charge in [0.05, 0.1) is 19.8 Å². The zero-order valence-corrected chi connectivity index (χ0v) is 11.9. The Morgan fingerprint density at radius 2 is 1.63 bits per heavy atom. The van der Waals surface area contributed by atoms with E-state index in [1.165, 1.54) is 14.2 Å². The second-order valence-electron chi connectivity index (χ2n) is 4.77. The zero-order chi connectivity index (χ0) is 14.7. The van der Waals surface area contributed by atoms with Gasteiger partial charge in [-0.1, -0.05) is 0 Å². The zero-order valence-electron chi connectivity index (χ0n) is 11.9. The number of rotatable bonds is 11. The fourth-order valence-corrected chi connectivity index (χ4v) is 1.69. The van der Waals surface area contributed by atoms with Gasteiger partial charge in [0.25, 0.3) is 0 Å². The van der Waals surface area contributed by atoms with Gasteiger partial charge < -0.3 is 19.3 Å². The Morgan fingerprint density at radius 1 is 1.05 bits per heavy atom. The van der Waals surface area contributed by atoms with Crippen LogP contribution in [0, 0.1) is 5.41 Å². The number of carbonyl (C=O) groups is 2. The van der Waals surface area contributed by atoms with Crippen LogP contribution in [0.2, 0.25) is 0 Å². The molecule has 0 aliphatic carbocycles. The maximum atomic E-state index is 11.9. The van der Waals surface area contributed by atoms with E-state index in [9.17, 15) is 9.59 Å². The second kappa shape index (κ2) is 9.75. The Labute approximate surface area is 114 Å². The molecular weight excluding hydrogens is 252 g/mol. The number of methoxy groups -OCH3 is 2. The lowest BCUT2D eigenvalue weighted by Gasteiger charge is -2.25. The third kappa shape index (κ3) is 7.79. The molecule has 0 heterocycles. The van der Waals surface area contributed by atoms with Gasteiger partial charge in [0.15, 0.2) is 0 Å². The molecule has 0 unspecified atom stereocenters. The average Bonchev–Trinajstić information content (AvgIpc) is 2.33. The number of hydrogen-bond donors (Lipinski definition) is 1. The second-order valence-corrected chi connectivity index (χ2v) is 4.77. The monoisotopic (exact) mass is 276 g/mol. The van der Waals surface area contributed by atoms with Gasteiger partial charge in [-0.25, -0.2) is 0 Å². The molecule has 6 heteroatoms. The molecule has 0 bridgehead atoms. The standard InChI is InChI=1S/C13H24O6/c1-13(9-17-2,10-18-3)12(16)19-8-6-4-5-7-11(14)15/h4-10H2,1-3H3,(H,14,15). The molecule has 0 rings (SSSR count). The van der Waals surface area contributed by atoms with Crippen molar-refractivity contribution in [1.29, 1.82) is 0 Å². The first-order valence-corrected chi connectivity index (χ1v) is 6.33. The van der Waals surface area contributed by atoms with E-state index in [2.05, 4.69) is 0 Å². The predicted molar refractivity (Wildman–Crippen MR) is 68.9 cm³/mol. The molecule has 0 aromatic rings. The molecule has 1 N–H and O–H groups in total. The summed E-state index contributed by atoms with van der Waals surface area (Å²) >= 11 is 0. The van der Waals surface area contributed by atoms with Crippen LogP contribution in [0.4, 0.5) is 0 Å². The summed E-state index contributed by atoms with van der Waals surface area (Å²) in [6.45, 7) is 2.49. The van der Waals surface area contributed by atoms with Crippen molar-refractivity contribution < 1.29 is 28.9 Å². The summed E-state index contributed by atoms with van der Waals surface area (Å²) in [4.78, 5) is 22.2. The third-order valence-corrected chi connectivity index (χ3v) is 2.69. The van der Waals surface area contributed by atoms with Crippen LogP contribution in [-0.2, 0) is 23.8 Å². The van der Waals surface area contributed by atoms with Gasteiger partial charge in [-0.2, -0.15) is 0 Å². The van der Waals surface area contributed by atoms with Crippen LogP contribution in [0.3, 0.4) is 0 Å². The van der Waals surface area contributed by atoms with E-state index in [0.29, 0.717) is 19.4 Å². The Morgan fingerprint density at radius 3 is 2.11 bits per heavy atom. The third-order valence-electron chi connectivity index (χ3n) is 2.69. The van der Waals surface area contributed by atoms with Gasteiger partial charge in [-0.05, 0) is 26.2 Å². The predicted octanol–water partition coefficient (Wildman–Crippen LogP) is 1.47. The van der Waals surface area contributed by atoms with Gasteiger partial charge in [0, 0.05) is 20.6 Å². The SMILES string of the molecule is COCC(C)(COC)C(=O)OCCCCCC(=O)O. The molecule has 0 saturated carbocycles. The summed E-state index contributed by atoms with van der Waals surface area (Å²) in [5.41, 5.74) is -0.801. The smallest absolute Gasteiger partial charge is 0.316 e. The maximum Gasteiger partial charge on any atom is 0.316 e. The van der Waals surface area contributed by atoms with Gasteiger partial charge >= 0.3 is 11.9 Å². The van der Waals surface area contributed by atoms with E-state index >= 15 is 0 Å². The van der Waals surface area contributed by atoms with E-state index in [1.807, 2.05) is 0 Å². The van der Waals surface area contributed by atoms with E-state index < -0.39 is 11.4 Å². The number of ether oxygens (including phenoxy) is 3. The molecule has 0 aromatic carbocycles. The van der Waals surface area contributed by atoms with Gasteiger partial charge in [-0.15, -0.1) is 0 Å². The minimum absolute atomic E-state index is 0.152. The van der Waals surface area contributed by atoms with Crippen molar-refractivity contribution in [2.24, 2.45) is 5.41 Å². The van der Waals surface area contributed by atoms with E-state index in [1.54, 1.807) is 6.92 Å². The van der Waals surface area contributed by atoms with Crippen molar-refractivity contribution in [2.75, 3.05) is 34.0 Å². The van der Waals surface area contributed by atoms with Crippen LogP contribution in [0.1, 0.15) is 32.6 Å². The Kier molecular flexibility index (Phi) is 9.16. The van der Waals surface area contributed by atoms with Crippen LogP contribution < -0.4 is 0 Å². The molecule has 19 heavy (non-hydrogen) atoms. The van der Waals surface area contributed by atoms with E-state index in [4.69, 9.17) is 19.3 Å². The molecule has 0 aromatic heterocycles. The van der Waals surface area contributed by atoms with Gasteiger partial charge in [0.2, 0.25) is 0 Å². The van der Waals surface area contributed by atoms with Crippen molar-refractivity contribution >= 4 is 11.9 Å². The number of carboxylic acid groups (broad SMARTS) is 1. The first-order valence-electron chi connectivity index (χ1n) is 6.33. The highest BCUT2D eigenvalue weighted by molar-refractivity contribution is 5.76. The highest BCUT2D eigenvalue weighted by Gasteiger charge is 2.35. The summed E-state index contributed by atoms with van der Waals surface area (Å²) in [5, 5.41) is 8.47. The molecule has 0 saturated heterocycles. The minimum atomic E-state index is -0.801. The summed E-state index contributed by atoms with van der Waals surface area (Å²) in [6, 6.07) is 0. The van der Waals surface area contributed by atoms with Crippen molar-refractivity contribution in [1.82, 2.24) is 0 Å². The largest absolute Gasteiger partial charge is 0.481 e. The van der Waals surface area contributed by atoms with Crippen LogP contribution >= 0.6 is 0 Å². The van der Waals surface area contributed by atoms with Crippen LogP contribution in [0.25, 0.3) is 0 Å². The van der Waals surface area contributed by atoms with E-state index in [-0.39, 0.29) is 25.6 Å². The van der Waals surface area contributed by atoms with Crippen molar-refractivity contribution in [3.63, 3.8) is 0 Å². The molecular formula is C13H24O6. The molecule has 6 nitrogen and oxygen atoms in total. The number of unbranched alkanes of at least 4 members (excludes halogenated alkanes) is 2. The highest BCUT2D eigenvalue weighted by Crippen LogP contribution is 2.19. The average molecular weight is 276 g/mol.